The van der Waals surface area contributed by atoms with Gasteiger partial charge >= 0.3 is 0 Å². The molecule has 2 N–H and O–H groups in total. The fourth-order valence-corrected chi connectivity index (χ4v) is 7.02. The summed E-state index contributed by atoms with van der Waals surface area (Å²) in [5, 5.41) is 7.47. The fourth-order valence-electron chi connectivity index (χ4n) is 5.47. The van der Waals surface area contributed by atoms with Gasteiger partial charge in [0.1, 0.15) is 23.2 Å². The lowest BCUT2D eigenvalue weighted by molar-refractivity contribution is 0.466. The summed E-state index contributed by atoms with van der Waals surface area (Å²) < 4.78 is 76.2. The van der Waals surface area contributed by atoms with Crippen LogP contribution in [0.2, 0.25) is 0 Å². The highest BCUT2D eigenvalue weighted by Gasteiger charge is 2.24. The zero-order valence-corrected chi connectivity index (χ0v) is 25.2. The van der Waals surface area contributed by atoms with Gasteiger partial charge in [-0.1, -0.05) is 18.2 Å². The average molecular weight is 634 g/mol. The minimum atomic E-state index is -4.18. The highest BCUT2D eigenvalue weighted by Crippen LogP contribution is 2.38. The minimum absolute atomic E-state index is 0.126. The van der Waals surface area contributed by atoms with E-state index in [0.717, 1.165) is 50.2 Å². The van der Waals surface area contributed by atoms with Crippen molar-refractivity contribution >= 4 is 26.6 Å². The standard InChI is InChI=1S/C33H30F3N5O3S/c1-20-9-10-22-23(11-12-29(36)25(22)18-45(42,43)19-26-27(34)7-2-8-28(26)35)31(20)44-32-24(6-4-15-38-32)30-13-16-39-33(41-30)40-21-5-3-14-37-17-21/h2,4,6-13,15-16,21,37H,3,5,14,17-19H2,1H3,(H,39,40,41)/t21-/m0/s1. The molecule has 3 aromatic carbocycles. The van der Waals surface area contributed by atoms with E-state index < -0.39 is 44.4 Å². The van der Waals surface area contributed by atoms with Gasteiger partial charge in [0.2, 0.25) is 11.8 Å². The number of aryl methyl sites for hydroxylation is 1. The summed E-state index contributed by atoms with van der Waals surface area (Å²) in [4.78, 5) is 13.5. The number of anilines is 1. The van der Waals surface area contributed by atoms with Gasteiger partial charge in [0.15, 0.2) is 9.84 Å². The number of nitrogens with one attached hydrogen (secondary N) is 2. The number of ether oxygens (including phenoxy) is 1. The van der Waals surface area contributed by atoms with Crippen LogP contribution in [0.1, 0.15) is 29.5 Å². The lowest BCUT2D eigenvalue weighted by Crippen LogP contribution is -2.38. The second kappa shape index (κ2) is 12.8. The van der Waals surface area contributed by atoms with E-state index in [1.807, 2.05) is 13.0 Å². The normalized spacial score (nSPS) is 15.2. The molecule has 8 nitrogen and oxygen atoms in total. The first kappa shape index (κ1) is 30.5. The number of nitrogens with zero attached hydrogens (tertiary/aromatic N) is 3. The first-order valence-electron chi connectivity index (χ1n) is 14.5. The first-order valence-corrected chi connectivity index (χ1v) is 16.3. The van der Waals surface area contributed by atoms with Crippen LogP contribution in [0.3, 0.4) is 0 Å². The van der Waals surface area contributed by atoms with Crippen LogP contribution < -0.4 is 15.4 Å². The summed E-state index contributed by atoms with van der Waals surface area (Å²) >= 11 is 0. The van der Waals surface area contributed by atoms with Crippen molar-refractivity contribution in [2.45, 2.75) is 37.3 Å². The lowest BCUT2D eigenvalue weighted by Gasteiger charge is -2.23. The number of pyridine rings is 1. The first-order chi connectivity index (χ1) is 21.7. The maximum atomic E-state index is 15.2. The van der Waals surface area contributed by atoms with Crippen molar-refractivity contribution in [3.05, 3.63) is 107 Å². The number of hydrogen-bond donors (Lipinski definition) is 2. The van der Waals surface area contributed by atoms with Gasteiger partial charge in [-0.15, -0.1) is 0 Å². The third kappa shape index (κ3) is 6.76. The Kier molecular flexibility index (Phi) is 8.68. The molecular formula is C33H30F3N5O3S. The van der Waals surface area contributed by atoms with Gasteiger partial charge in [0.05, 0.1) is 22.8 Å². The number of piperidine rings is 1. The molecule has 1 aliphatic rings. The molecule has 0 spiro atoms. The Morgan fingerprint density at radius 1 is 0.889 bits per heavy atom. The van der Waals surface area contributed by atoms with Gasteiger partial charge in [0.25, 0.3) is 0 Å². The summed E-state index contributed by atoms with van der Waals surface area (Å²) in [7, 11) is -4.18. The van der Waals surface area contributed by atoms with Crippen molar-refractivity contribution in [1.82, 2.24) is 20.3 Å². The van der Waals surface area contributed by atoms with Gasteiger partial charge < -0.3 is 15.4 Å². The summed E-state index contributed by atoms with van der Waals surface area (Å²) in [5.74, 6) is -3.33. The maximum absolute atomic E-state index is 15.2. The van der Waals surface area contributed by atoms with E-state index in [9.17, 15) is 17.2 Å². The van der Waals surface area contributed by atoms with Crippen LogP contribution in [-0.2, 0) is 21.3 Å². The molecule has 1 fully saturated rings. The van der Waals surface area contributed by atoms with Gasteiger partial charge in [-0.2, -0.15) is 0 Å². The fraction of sp³-hybridized carbons (Fsp3) is 0.242. The Morgan fingerprint density at radius 3 is 2.42 bits per heavy atom. The van der Waals surface area contributed by atoms with Gasteiger partial charge in [-0.05, 0) is 79.7 Å². The molecule has 0 aliphatic carbocycles. The van der Waals surface area contributed by atoms with Gasteiger partial charge in [0, 0.05) is 41.5 Å². The number of fused-ring (bicyclic) bond motifs is 1. The Labute approximate surface area is 258 Å². The minimum Gasteiger partial charge on any atom is -0.437 e. The number of rotatable bonds is 9. The predicted molar refractivity (Wildman–Crippen MR) is 166 cm³/mol. The van der Waals surface area contributed by atoms with E-state index in [-0.39, 0.29) is 17.5 Å². The van der Waals surface area contributed by atoms with Crippen molar-refractivity contribution in [3.63, 3.8) is 0 Å². The van der Waals surface area contributed by atoms with E-state index in [1.54, 1.807) is 36.7 Å². The average Bonchev–Trinajstić information content (AvgIpc) is 3.02. The number of sulfone groups is 1. The van der Waals surface area contributed by atoms with Crippen molar-refractivity contribution in [2.75, 3.05) is 18.4 Å². The second-order valence-corrected chi connectivity index (χ2v) is 13.0. The topological polar surface area (TPSA) is 106 Å². The molecule has 5 aromatic rings. The molecule has 2 aromatic heterocycles. The van der Waals surface area contributed by atoms with E-state index >= 15 is 4.39 Å². The summed E-state index contributed by atoms with van der Waals surface area (Å²) in [5.41, 5.74) is 1.16. The monoisotopic (exact) mass is 633 g/mol. The molecule has 0 bridgehead atoms. The number of hydrogen-bond acceptors (Lipinski definition) is 8. The largest absolute Gasteiger partial charge is 0.437 e. The molecular weight excluding hydrogens is 603 g/mol. The van der Waals surface area contributed by atoms with Gasteiger partial charge in [-0.25, -0.2) is 36.5 Å². The van der Waals surface area contributed by atoms with Crippen molar-refractivity contribution in [2.24, 2.45) is 0 Å². The van der Waals surface area contributed by atoms with E-state index in [0.29, 0.717) is 39.3 Å². The Morgan fingerprint density at radius 2 is 1.64 bits per heavy atom. The molecule has 3 heterocycles. The lowest BCUT2D eigenvalue weighted by atomic mass is 10.0. The zero-order valence-electron chi connectivity index (χ0n) is 24.4. The number of benzene rings is 3. The van der Waals surface area contributed by atoms with Crippen molar-refractivity contribution in [3.8, 4) is 22.9 Å². The van der Waals surface area contributed by atoms with Crippen LogP contribution >= 0.6 is 0 Å². The summed E-state index contributed by atoms with van der Waals surface area (Å²) in [6.45, 7) is 3.61. The Balaban J connectivity index is 1.33. The number of halogens is 3. The Hall–Kier alpha value is -4.55. The van der Waals surface area contributed by atoms with Crippen LogP contribution in [0.25, 0.3) is 22.0 Å². The molecule has 45 heavy (non-hydrogen) atoms. The third-order valence-corrected chi connectivity index (χ3v) is 9.18. The van der Waals surface area contributed by atoms with E-state index in [2.05, 4.69) is 20.6 Å². The molecule has 0 amide bonds. The predicted octanol–water partition coefficient (Wildman–Crippen LogP) is 6.49. The molecule has 6 rings (SSSR count). The molecule has 232 valence electrons. The Bertz CT molecular complexity index is 1960. The zero-order chi connectivity index (χ0) is 31.6. The smallest absolute Gasteiger partial charge is 0.228 e. The molecule has 0 saturated carbocycles. The van der Waals surface area contributed by atoms with Crippen LogP contribution in [0.15, 0.2) is 73.1 Å². The van der Waals surface area contributed by atoms with Crippen LogP contribution in [0, 0.1) is 24.4 Å². The maximum Gasteiger partial charge on any atom is 0.228 e. The van der Waals surface area contributed by atoms with Crippen molar-refractivity contribution < 1.29 is 26.3 Å². The molecule has 0 unspecified atom stereocenters. The highest BCUT2D eigenvalue weighted by molar-refractivity contribution is 7.89. The number of aromatic nitrogens is 3. The van der Waals surface area contributed by atoms with Gasteiger partial charge in [-0.3, -0.25) is 0 Å². The van der Waals surface area contributed by atoms with E-state index in [1.165, 1.54) is 6.07 Å². The SMILES string of the molecule is Cc1ccc2c(CS(=O)(=O)Cc3c(F)cccc3F)c(F)ccc2c1Oc1ncccc1-c1ccnc(N[C@H]2CCCNC2)n1. The third-order valence-electron chi connectivity index (χ3n) is 7.72. The quantitative estimate of drug-likeness (QED) is 0.190. The van der Waals surface area contributed by atoms with Crippen LogP contribution in [0.4, 0.5) is 19.1 Å². The molecule has 1 aliphatic heterocycles. The molecule has 0 radical (unpaired) electrons. The van der Waals surface area contributed by atoms with Crippen LogP contribution in [-0.4, -0.2) is 42.5 Å². The highest BCUT2D eigenvalue weighted by atomic mass is 32.2. The van der Waals surface area contributed by atoms with E-state index in [4.69, 9.17) is 9.72 Å². The summed E-state index contributed by atoms with van der Waals surface area (Å²) in [6, 6.07) is 14.6. The second-order valence-electron chi connectivity index (χ2n) is 11.0. The molecule has 12 heteroatoms. The van der Waals surface area contributed by atoms with Crippen molar-refractivity contribution in [1.29, 1.82) is 0 Å². The molecule has 1 saturated heterocycles. The molecule has 1 atom stereocenters. The van der Waals surface area contributed by atoms with Crippen LogP contribution in [0.5, 0.6) is 11.6 Å². The summed E-state index contributed by atoms with van der Waals surface area (Å²) in [6.07, 6.45) is 5.30.